The molecule has 0 aliphatic carbocycles. The first-order chi connectivity index (χ1) is 15.7. The SMILES string of the molecule is O=C(C=Cc1ccco1)NCCC(=O)NCc1ccc(N2CCc3ccccc3C2)nc1. The van der Waals surface area contributed by atoms with E-state index in [1.54, 1.807) is 24.4 Å². The van der Waals surface area contributed by atoms with Gasteiger partial charge in [0.1, 0.15) is 11.6 Å². The third-order valence-electron chi connectivity index (χ3n) is 5.35. The molecule has 4 rings (SSSR count). The maximum absolute atomic E-state index is 12.0. The van der Waals surface area contributed by atoms with E-state index >= 15 is 0 Å². The van der Waals surface area contributed by atoms with Gasteiger partial charge in [-0.15, -0.1) is 0 Å². The van der Waals surface area contributed by atoms with Gasteiger partial charge in [0.05, 0.1) is 6.26 Å². The summed E-state index contributed by atoms with van der Waals surface area (Å²) in [6.45, 7) is 2.48. The summed E-state index contributed by atoms with van der Waals surface area (Å²) in [4.78, 5) is 30.6. The molecule has 0 spiro atoms. The van der Waals surface area contributed by atoms with Crippen LogP contribution in [0, 0.1) is 0 Å². The second kappa shape index (κ2) is 10.4. The molecule has 2 amide bonds. The lowest BCUT2D eigenvalue weighted by Crippen LogP contribution is -2.31. The number of furan rings is 1. The highest BCUT2D eigenvalue weighted by Crippen LogP contribution is 2.22. The van der Waals surface area contributed by atoms with Crippen molar-refractivity contribution in [1.29, 1.82) is 0 Å². The summed E-state index contributed by atoms with van der Waals surface area (Å²) < 4.78 is 5.12. The minimum absolute atomic E-state index is 0.128. The topological polar surface area (TPSA) is 87.5 Å². The highest BCUT2D eigenvalue weighted by molar-refractivity contribution is 5.91. The molecule has 0 unspecified atom stereocenters. The number of hydrogen-bond acceptors (Lipinski definition) is 5. The second-order valence-electron chi connectivity index (χ2n) is 7.63. The number of carbonyl (C=O) groups excluding carboxylic acids is 2. The summed E-state index contributed by atoms with van der Waals surface area (Å²) in [7, 11) is 0. The average molecular weight is 431 g/mol. The zero-order valence-corrected chi connectivity index (χ0v) is 17.8. The first kappa shape index (κ1) is 21.4. The fraction of sp³-hybridized carbons (Fsp3) is 0.240. The van der Waals surface area contributed by atoms with E-state index in [2.05, 4.69) is 44.8 Å². The number of anilines is 1. The molecule has 0 atom stereocenters. The number of aromatic nitrogens is 1. The molecule has 1 aliphatic heterocycles. The van der Waals surface area contributed by atoms with Gasteiger partial charge in [-0.05, 0) is 47.4 Å². The lowest BCUT2D eigenvalue weighted by molar-refractivity contribution is -0.121. The Labute approximate surface area is 187 Å². The standard InChI is InChI=1S/C25H26N4O3/c30-24(10-8-22-6-3-15-32-22)26-13-11-25(31)28-17-19-7-9-23(27-16-19)29-14-12-20-4-1-2-5-21(20)18-29/h1-10,15-16H,11-14,17-18H2,(H,26,30)(H,28,31). The molecule has 32 heavy (non-hydrogen) atoms. The van der Waals surface area contributed by atoms with Crippen molar-refractivity contribution in [3.05, 3.63) is 89.5 Å². The Hall–Kier alpha value is -3.87. The average Bonchev–Trinajstić information content (AvgIpc) is 3.35. The van der Waals surface area contributed by atoms with E-state index in [0.29, 0.717) is 12.3 Å². The number of benzene rings is 1. The number of nitrogens with zero attached hydrogens (tertiary/aromatic N) is 2. The van der Waals surface area contributed by atoms with Crippen LogP contribution in [0.2, 0.25) is 0 Å². The molecule has 7 nitrogen and oxygen atoms in total. The molecule has 2 N–H and O–H groups in total. The maximum atomic E-state index is 12.0. The van der Waals surface area contributed by atoms with Crippen molar-refractivity contribution in [2.75, 3.05) is 18.0 Å². The minimum atomic E-state index is -0.269. The van der Waals surface area contributed by atoms with Gasteiger partial charge in [-0.1, -0.05) is 30.3 Å². The van der Waals surface area contributed by atoms with Crippen LogP contribution >= 0.6 is 0 Å². The van der Waals surface area contributed by atoms with E-state index in [1.165, 1.54) is 23.5 Å². The number of fused-ring (bicyclic) bond motifs is 1. The van der Waals surface area contributed by atoms with Crippen molar-refractivity contribution >= 4 is 23.7 Å². The first-order valence-electron chi connectivity index (χ1n) is 10.7. The zero-order chi connectivity index (χ0) is 22.2. The van der Waals surface area contributed by atoms with Gasteiger partial charge in [-0.2, -0.15) is 0 Å². The molecule has 0 radical (unpaired) electrons. The van der Waals surface area contributed by atoms with Gasteiger partial charge in [0.15, 0.2) is 0 Å². The molecule has 0 saturated carbocycles. The Morgan fingerprint density at radius 1 is 1.06 bits per heavy atom. The van der Waals surface area contributed by atoms with Crippen molar-refractivity contribution in [1.82, 2.24) is 15.6 Å². The third-order valence-corrected chi connectivity index (χ3v) is 5.35. The van der Waals surface area contributed by atoms with Crippen LogP contribution in [0.3, 0.4) is 0 Å². The Balaban J connectivity index is 1.17. The van der Waals surface area contributed by atoms with E-state index < -0.39 is 0 Å². The fourth-order valence-corrected chi connectivity index (χ4v) is 3.59. The van der Waals surface area contributed by atoms with E-state index in [0.717, 1.165) is 30.9 Å². The van der Waals surface area contributed by atoms with Gasteiger partial charge < -0.3 is 20.0 Å². The number of amides is 2. The van der Waals surface area contributed by atoms with Crippen LogP contribution in [0.1, 0.15) is 28.9 Å². The van der Waals surface area contributed by atoms with Crippen molar-refractivity contribution in [3.8, 4) is 0 Å². The summed E-state index contributed by atoms with van der Waals surface area (Å²) in [6.07, 6.45) is 7.53. The van der Waals surface area contributed by atoms with Gasteiger partial charge in [0.25, 0.3) is 0 Å². The van der Waals surface area contributed by atoms with Crippen molar-refractivity contribution < 1.29 is 14.0 Å². The molecular formula is C25H26N4O3. The fourth-order valence-electron chi connectivity index (χ4n) is 3.59. The Morgan fingerprint density at radius 2 is 1.94 bits per heavy atom. The molecule has 0 fully saturated rings. The summed E-state index contributed by atoms with van der Waals surface area (Å²) in [6, 6.07) is 16.0. The summed E-state index contributed by atoms with van der Waals surface area (Å²) in [5.74, 6) is 1.15. The minimum Gasteiger partial charge on any atom is -0.465 e. The summed E-state index contributed by atoms with van der Waals surface area (Å²) in [5, 5.41) is 5.54. The van der Waals surface area contributed by atoms with Crippen LogP contribution in [0.15, 0.2) is 71.5 Å². The molecule has 2 aromatic heterocycles. The number of carbonyl (C=O) groups is 2. The van der Waals surface area contributed by atoms with Crippen LogP contribution in [-0.2, 0) is 29.1 Å². The van der Waals surface area contributed by atoms with Crippen molar-refractivity contribution in [2.45, 2.75) is 25.9 Å². The van der Waals surface area contributed by atoms with Gasteiger partial charge in [-0.25, -0.2) is 4.98 Å². The molecular weight excluding hydrogens is 404 g/mol. The van der Waals surface area contributed by atoms with Crippen LogP contribution in [0.4, 0.5) is 5.82 Å². The van der Waals surface area contributed by atoms with Gasteiger partial charge >= 0.3 is 0 Å². The largest absolute Gasteiger partial charge is 0.465 e. The highest BCUT2D eigenvalue weighted by atomic mass is 16.3. The highest BCUT2D eigenvalue weighted by Gasteiger charge is 2.16. The van der Waals surface area contributed by atoms with Crippen LogP contribution < -0.4 is 15.5 Å². The zero-order valence-electron chi connectivity index (χ0n) is 17.8. The summed E-state index contributed by atoms with van der Waals surface area (Å²) in [5.41, 5.74) is 3.69. The predicted molar refractivity (Wildman–Crippen MR) is 123 cm³/mol. The number of nitrogens with one attached hydrogen (secondary N) is 2. The Kier molecular flexibility index (Phi) is 6.97. The van der Waals surface area contributed by atoms with E-state index in [-0.39, 0.29) is 24.8 Å². The van der Waals surface area contributed by atoms with Gasteiger partial charge in [-0.3, -0.25) is 9.59 Å². The third kappa shape index (κ3) is 5.85. The quantitative estimate of drug-likeness (QED) is 0.537. The molecule has 0 saturated heterocycles. The molecule has 1 aliphatic rings. The Bertz CT molecular complexity index is 1070. The van der Waals surface area contributed by atoms with Gasteiger partial charge in [0.2, 0.25) is 11.8 Å². The van der Waals surface area contributed by atoms with E-state index in [1.807, 2.05) is 12.1 Å². The lowest BCUT2D eigenvalue weighted by atomic mass is 10.00. The predicted octanol–water partition coefficient (Wildman–Crippen LogP) is 3.07. The van der Waals surface area contributed by atoms with Crippen molar-refractivity contribution in [3.63, 3.8) is 0 Å². The van der Waals surface area contributed by atoms with E-state index in [4.69, 9.17) is 4.42 Å². The van der Waals surface area contributed by atoms with E-state index in [9.17, 15) is 9.59 Å². The molecule has 0 bridgehead atoms. The Morgan fingerprint density at radius 3 is 2.72 bits per heavy atom. The first-order valence-corrected chi connectivity index (χ1v) is 10.7. The van der Waals surface area contributed by atoms with Gasteiger partial charge in [0, 0.05) is 44.9 Å². The number of rotatable bonds is 8. The van der Waals surface area contributed by atoms with Crippen molar-refractivity contribution in [2.24, 2.45) is 0 Å². The molecule has 3 heterocycles. The van der Waals surface area contributed by atoms with Crippen LogP contribution in [0.5, 0.6) is 0 Å². The van der Waals surface area contributed by atoms with Crippen LogP contribution in [-0.4, -0.2) is 29.9 Å². The molecule has 1 aromatic carbocycles. The lowest BCUT2D eigenvalue weighted by Gasteiger charge is -2.29. The smallest absolute Gasteiger partial charge is 0.244 e. The molecule has 7 heteroatoms. The summed E-state index contributed by atoms with van der Waals surface area (Å²) >= 11 is 0. The monoisotopic (exact) mass is 430 g/mol. The maximum Gasteiger partial charge on any atom is 0.244 e. The number of pyridine rings is 1. The number of hydrogen-bond donors (Lipinski definition) is 2. The molecule has 3 aromatic rings. The normalized spacial score (nSPS) is 13.1. The second-order valence-corrected chi connectivity index (χ2v) is 7.63. The molecule has 164 valence electrons. The van der Waals surface area contributed by atoms with Crippen LogP contribution in [0.25, 0.3) is 6.08 Å².